The van der Waals surface area contributed by atoms with Gasteiger partial charge in [-0.3, -0.25) is 0 Å². The molecule has 0 spiro atoms. The Morgan fingerprint density at radius 1 is 1.39 bits per heavy atom. The molecule has 1 aliphatic carbocycles. The number of hydrogen-bond donors (Lipinski definition) is 1. The van der Waals surface area contributed by atoms with Crippen molar-refractivity contribution in [1.82, 2.24) is 10.3 Å². The molecule has 1 saturated carbocycles. The summed E-state index contributed by atoms with van der Waals surface area (Å²) in [6, 6.07) is 0.458. The Labute approximate surface area is 115 Å². The van der Waals surface area contributed by atoms with E-state index in [9.17, 15) is 0 Å². The first-order valence-corrected chi connectivity index (χ1v) is 8.18. The minimum absolute atomic E-state index is 0.458. The Morgan fingerprint density at radius 2 is 2.11 bits per heavy atom. The minimum atomic E-state index is 0.458. The molecule has 1 atom stereocenters. The van der Waals surface area contributed by atoms with Crippen molar-refractivity contribution in [2.45, 2.75) is 58.9 Å². The molecule has 0 aromatic carbocycles. The summed E-state index contributed by atoms with van der Waals surface area (Å²) in [5.74, 6) is 1.93. The number of rotatable bonds is 5. The van der Waals surface area contributed by atoms with Gasteiger partial charge < -0.3 is 5.32 Å². The van der Waals surface area contributed by atoms with Gasteiger partial charge in [0.25, 0.3) is 0 Å². The van der Waals surface area contributed by atoms with Gasteiger partial charge in [0.05, 0.1) is 11.2 Å². The highest BCUT2D eigenvalue weighted by molar-refractivity contribution is 7.09. The summed E-state index contributed by atoms with van der Waals surface area (Å²) in [6.45, 7) is 7.90. The van der Waals surface area contributed by atoms with E-state index in [0.29, 0.717) is 6.04 Å². The second-order valence-corrected chi connectivity index (χ2v) is 6.78. The van der Waals surface area contributed by atoms with E-state index in [1.807, 2.05) is 5.51 Å². The Morgan fingerprint density at radius 3 is 2.72 bits per heavy atom. The molecule has 102 valence electrons. The SMILES string of the molecule is Cc1ncsc1C(C)NCCC1CCC(C)CC1. The normalized spacial score (nSPS) is 26.2. The lowest BCUT2D eigenvalue weighted by molar-refractivity contribution is 0.273. The van der Waals surface area contributed by atoms with Crippen molar-refractivity contribution < 1.29 is 0 Å². The van der Waals surface area contributed by atoms with Gasteiger partial charge >= 0.3 is 0 Å². The van der Waals surface area contributed by atoms with E-state index >= 15 is 0 Å². The number of thiazole rings is 1. The highest BCUT2D eigenvalue weighted by atomic mass is 32.1. The summed E-state index contributed by atoms with van der Waals surface area (Å²) in [4.78, 5) is 5.72. The zero-order valence-electron chi connectivity index (χ0n) is 11.9. The highest BCUT2D eigenvalue weighted by Gasteiger charge is 2.18. The summed E-state index contributed by atoms with van der Waals surface area (Å²) in [7, 11) is 0. The van der Waals surface area contributed by atoms with Gasteiger partial charge in [0.2, 0.25) is 0 Å². The molecule has 0 amide bonds. The van der Waals surface area contributed by atoms with Crippen LogP contribution in [-0.2, 0) is 0 Å². The lowest BCUT2D eigenvalue weighted by atomic mass is 9.81. The van der Waals surface area contributed by atoms with E-state index in [-0.39, 0.29) is 0 Å². The van der Waals surface area contributed by atoms with Crippen molar-refractivity contribution in [2.24, 2.45) is 11.8 Å². The van der Waals surface area contributed by atoms with Crippen molar-refractivity contribution in [2.75, 3.05) is 6.54 Å². The maximum absolute atomic E-state index is 4.32. The molecule has 0 radical (unpaired) electrons. The lowest BCUT2D eigenvalue weighted by Gasteiger charge is -2.26. The van der Waals surface area contributed by atoms with E-state index in [1.54, 1.807) is 11.3 Å². The molecule has 0 aliphatic heterocycles. The highest BCUT2D eigenvalue weighted by Crippen LogP contribution is 2.30. The molecule has 1 unspecified atom stereocenters. The molecule has 1 aromatic rings. The molecule has 0 saturated heterocycles. The first kappa shape index (κ1) is 14.0. The molecule has 1 fully saturated rings. The summed E-state index contributed by atoms with van der Waals surface area (Å²) < 4.78 is 0. The first-order chi connectivity index (χ1) is 8.66. The van der Waals surface area contributed by atoms with Crippen LogP contribution in [0.25, 0.3) is 0 Å². The first-order valence-electron chi connectivity index (χ1n) is 7.30. The fourth-order valence-electron chi connectivity index (χ4n) is 2.94. The van der Waals surface area contributed by atoms with Crippen LogP contribution in [0.4, 0.5) is 0 Å². The Kier molecular flexibility index (Phi) is 5.19. The Bertz CT molecular complexity index is 353. The van der Waals surface area contributed by atoms with Crippen LogP contribution in [0.1, 0.15) is 62.6 Å². The monoisotopic (exact) mass is 266 g/mol. The van der Waals surface area contributed by atoms with Crippen LogP contribution in [0.5, 0.6) is 0 Å². The standard InChI is InChI=1S/C15H26N2S/c1-11-4-6-14(7-5-11)8-9-16-12(2)15-13(3)17-10-18-15/h10-12,14,16H,4-9H2,1-3H3. The zero-order valence-corrected chi connectivity index (χ0v) is 12.7. The molecule has 0 bridgehead atoms. The van der Waals surface area contributed by atoms with Gasteiger partial charge in [-0.2, -0.15) is 0 Å². The third-order valence-electron chi connectivity index (χ3n) is 4.31. The van der Waals surface area contributed by atoms with Crippen molar-refractivity contribution in [1.29, 1.82) is 0 Å². The molecule has 2 nitrogen and oxygen atoms in total. The molecule has 1 N–H and O–H groups in total. The van der Waals surface area contributed by atoms with E-state index in [1.165, 1.54) is 42.7 Å². The molecule has 1 aliphatic rings. The topological polar surface area (TPSA) is 24.9 Å². The van der Waals surface area contributed by atoms with Crippen molar-refractivity contribution in [3.8, 4) is 0 Å². The number of hydrogen-bond acceptors (Lipinski definition) is 3. The van der Waals surface area contributed by atoms with Crippen LogP contribution in [-0.4, -0.2) is 11.5 Å². The summed E-state index contributed by atoms with van der Waals surface area (Å²) in [6.07, 6.45) is 7.10. The van der Waals surface area contributed by atoms with E-state index in [0.717, 1.165) is 18.4 Å². The fraction of sp³-hybridized carbons (Fsp3) is 0.800. The molecule has 3 heteroatoms. The predicted molar refractivity (Wildman–Crippen MR) is 79.0 cm³/mol. The van der Waals surface area contributed by atoms with Gasteiger partial charge in [-0.15, -0.1) is 11.3 Å². The van der Waals surface area contributed by atoms with E-state index in [2.05, 4.69) is 31.1 Å². The second-order valence-electron chi connectivity index (χ2n) is 5.89. The fourth-order valence-corrected chi connectivity index (χ4v) is 3.78. The van der Waals surface area contributed by atoms with Crippen molar-refractivity contribution in [3.63, 3.8) is 0 Å². The summed E-state index contributed by atoms with van der Waals surface area (Å²) in [5, 5.41) is 3.65. The van der Waals surface area contributed by atoms with Crippen LogP contribution in [0.3, 0.4) is 0 Å². The van der Waals surface area contributed by atoms with Crippen LogP contribution >= 0.6 is 11.3 Å². The quantitative estimate of drug-likeness (QED) is 0.858. The lowest BCUT2D eigenvalue weighted by Crippen LogP contribution is -2.23. The molecule has 1 heterocycles. The zero-order chi connectivity index (χ0) is 13.0. The van der Waals surface area contributed by atoms with Gasteiger partial charge in [0.15, 0.2) is 0 Å². The van der Waals surface area contributed by atoms with E-state index in [4.69, 9.17) is 0 Å². The maximum Gasteiger partial charge on any atom is 0.0798 e. The summed E-state index contributed by atoms with van der Waals surface area (Å²) in [5.41, 5.74) is 3.14. The largest absolute Gasteiger partial charge is 0.309 e. The van der Waals surface area contributed by atoms with Crippen LogP contribution < -0.4 is 5.32 Å². The van der Waals surface area contributed by atoms with Crippen molar-refractivity contribution in [3.05, 3.63) is 16.1 Å². The third kappa shape index (κ3) is 3.79. The Hall–Kier alpha value is -0.410. The smallest absolute Gasteiger partial charge is 0.0798 e. The van der Waals surface area contributed by atoms with Crippen LogP contribution in [0.2, 0.25) is 0 Å². The predicted octanol–water partition coefficient (Wildman–Crippen LogP) is 4.32. The van der Waals surface area contributed by atoms with Gasteiger partial charge in [0.1, 0.15) is 0 Å². The molecule has 1 aromatic heterocycles. The number of aryl methyl sites for hydroxylation is 1. The number of nitrogens with one attached hydrogen (secondary N) is 1. The molecular formula is C15H26N2S. The molecule has 2 rings (SSSR count). The molecular weight excluding hydrogens is 240 g/mol. The third-order valence-corrected chi connectivity index (χ3v) is 5.43. The number of aromatic nitrogens is 1. The van der Waals surface area contributed by atoms with Crippen molar-refractivity contribution >= 4 is 11.3 Å². The maximum atomic E-state index is 4.32. The van der Waals surface area contributed by atoms with Gasteiger partial charge in [-0.1, -0.05) is 32.6 Å². The Balaban J connectivity index is 1.68. The van der Waals surface area contributed by atoms with Crippen LogP contribution in [0, 0.1) is 18.8 Å². The average molecular weight is 266 g/mol. The summed E-state index contributed by atoms with van der Waals surface area (Å²) >= 11 is 1.77. The average Bonchev–Trinajstić information content (AvgIpc) is 2.78. The van der Waals surface area contributed by atoms with Gasteiger partial charge in [-0.25, -0.2) is 4.98 Å². The minimum Gasteiger partial charge on any atom is -0.309 e. The van der Waals surface area contributed by atoms with Gasteiger partial charge in [-0.05, 0) is 38.6 Å². The van der Waals surface area contributed by atoms with E-state index < -0.39 is 0 Å². The van der Waals surface area contributed by atoms with Crippen LogP contribution in [0.15, 0.2) is 5.51 Å². The second kappa shape index (κ2) is 6.67. The number of nitrogens with zero attached hydrogens (tertiary/aromatic N) is 1. The van der Waals surface area contributed by atoms with Gasteiger partial charge in [0, 0.05) is 10.9 Å². The molecule has 18 heavy (non-hydrogen) atoms.